The average molecular weight is 247 g/mol. The molecule has 1 aromatic heterocycles. The van der Waals surface area contributed by atoms with E-state index in [1.165, 1.54) is 12.3 Å². The Labute approximate surface area is 101 Å². The Morgan fingerprint density at radius 3 is 2.89 bits per heavy atom. The van der Waals surface area contributed by atoms with Gasteiger partial charge in [-0.05, 0) is 0 Å². The Morgan fingerprint density at radius 2 is 2.22 bits per heavy atom. The van der Waals surface area contributed by atoms with Gasteiger partial charge in [0.2, 0.25) is 0 Å². The fourth-order valence-corrected chi connectivity index (χ4v) is 1.42. The van der Waals surface area contributed by atoms with Crippen LogP contribution in [0.1, 0.15) is 16.1 Å². The van der Waals surface area contributed by atoms with E-state index in [1.54, 1.807) is 18.2 Å². The third kappa shape index (κ3) is 2.48. The van der Waals surface area contributed by atoms with E-state index in [-0.39, 0.29) is 17.9 Å². The van der Waals surface area contributed by atoms with E-state index in [2.05, 4.69) is 20.7 Å². The van der Waals surface area contributed by atoms with Crippen molar-refractivity contribution in [2.24, 2.45) is 0 Å². The first kappa shape index (κ1) is 11.7. The summed E-state index contributed by atoms with van der Waals surface area (Å²) in [5, 5.41) is 22.7. The van der Waals surface area contributed by atoms with E-state index in [9.17, 15) is 14.9 Å². The van der Waals surface area contributed by atoms with Gasteiger partial charge >= 0.3 is 0 Å². The second-order valence-electron chi connectivity index (χ2n) is 3.42. The minimum Gasteiger partial charge on any atom is -0.346 e. The highest BCUT2D eigenvalue weighted by molar-refractivity contribution is 5.91. The van der Waals surface area contributed by atoms with Gasteiger partial charge in [0.1, 0.15) is 0 Å². The van der Waals surface area contributed by atoms with E-state index in [0.29, 0.717) is 5.56 Å². The van der Waals surface area contributed by atoms with Gasteiger partial charge in [-0.2, -0.15) is 15.4 Å². The number of aromatic amines is 1. The van der Waals surface area contributed by atoms with Gasteiger partial charge < -0.3 is 5.32 Å². The van der Waals surface area contributed by atoms with Crippen molar-refractivity contribution in [3.63, 3.8) is 0 Å². The highest BCUT2D eigenvalue weighted by Crippen LogP contribution is 2.17. The summed E-state index contributed by atoms with van der Waals surface area (Å²) >= 11 is 0. The van der Waals surface area contributed by atoms with Crippen LogP contribution in [-0.4, -0.2) is 26.2 Å². The van der Waals surface area contributed by atoms with Crippen molar-refractivity contribution in [3.8, 4) is 0 Å². The third-order valence-electron chi connectivity index (χ3n) is 2.28. The number of nitro groups is 1. The molecule has 0 saturated carbocycles. The number of para-hydroxylation sites is 1. The van der Waals surface area contributed by atoms with Crippen molar-refractivity contribution in [3.05, 3.63) is 51.8 Å². The van der Waals surface area contributed by atoms with Crippen molar-refractivity contribution in [2.45, 2.75) is 6.54 Å². The number of amides is 1. The molecule has 18 heavy (non-hydrogen) atoms. The number of rotatable bonds is 4. The monoisotopic (exact) mass is 247 g/mol. The molecule has 0 saturated heterocycles. The number of hydrogen-bond acceptors (Lipinski definition) is 5. The van der Waals surface area contributed by atoms with E-state index < -0.39 is 10.8 Å². The summed E-state index contributed by atoms with van der Waals surface area (Å²) in [6.45, 7) is 0.0584. The van der Waals surface area contributed by atoms with Crippen LogP contribution in [0.25, 0.3) is 0 Å². The topological polar surface area (TPSA) is 114 Å². The van der Waals surface area contributed by atoms with Gasteiger partial charge in [0.15, 0.2) is 5.69 Å². The van der Waals surface area contributed by atoms with Crippen molar-refractivity contribution in [1.82, 2.24) is 20.7 Å². The van der Waals surface area contributed by atoms with Gasteiger partial charge in [0.05, 0.1) is 11.1 Å². The summed E-state index contributed by atoms with van der Waals surface area (Å²) < 4.78 is 0. The van der Waals surface area contributed by atoms with Crippen LogP contribution in [0.5, 0.6) is 0 Å². The number of aromatic nitrogens is 3. The Bertz CT molecular complexity index is 567. The Balaban J connectivity index is 2.07. The molecule has 0 aliphatic rings. The highest BCUT2D eigenvalue weighted by atomic mass is 16.6. The number of nitrogens with one attached hydrogen (secondary N) is 2. The largest absolute Gasteiger partial charge is 0.346 e. The van der Waals surface area contributed by atoms with Gasteiger partial charge in [0, 0.05) is 18.2 Å². The summed E-state index contributed by atoms with van der Waals surface area (Å²) in [4.78, 5) is 21.8. The molecule has 2 rings (SSSR count). The lowest BCUT2D eigenvalue weighted by molar-refractivity contribution is -0.385. The van der Waals surface area contributed by atoms with Gasteiger partial charge in [-0.1, -0.05) is 18.2 Å². The van der Waals surface area contributed by atoms with Crippen molar-refractivity contribution < 1.29 is 9.72 Å². The maximum atomic E-state index is 11.6. The first-order valence-corrected chi connectivity index (χ1v) is 5.05. The predicted octanol–water partition coefficient (Wildman–Crippen LogP) is 0.643. The zero-order valence-electron chi connectivity index (χ0n) is 9.16. The minimum absolute atomic E-state index is 0.0297. The number of nitrogens with zero attached hydrogens (tertiary/aromatic N) is 3. The van der Waals surface area contributed by atoms with E-state index in [4.69, 9.17) is 0 Å². The molecule has 8 nitrogen and oxygen atoms in total. The molecule has 0 spiro atoms. The quantitative estimate of drug-likeness (QED) is 0.608. The number of H-pyrrole nitrogens is 1. The molecule has 0 atom stereocenters. The molecule has 0 aliphatic carbocycles. The highest BCUT2D eigenvalue weighted by Gasteiger charge is 2.14. The SMILES string of the molecule is O=C(NCc1ccccc1[N+](=O)[O-])c1cn[nH]n1. The molecule has 1 aromatic carbocycles. The summed E-state index contributed by atoms with van der Waals surface area (Å²) in [5.41, 5.74) is 0.533. The number of carbonyl (C=O) groups is 1. The molecule has 0 bridgehead atoms. The second-order valence-corrected chi connectivity index (χ2v) is 3.42. The predicted molar refractivity (Wildman–Crippen MR) is 60.6 cm³/mol. The van der Waals surface area contributed by atoms with Crippen LogP contribution < -0.4 is 5.32 Å². The van der Waals surface area contributed by atoms with Gasteiger partial charge in [-0.15, -0.1) is 0 Å². The summed E-state index contributed by atoms with van der Waals surface area (Å²) in [6.07, 6.45) is 1.27. The maximum absolute atomic E-state index is 11.6. The van der Waals surface area contributed by atoms with Crippen molar-refractivity contribution in [2.75, 3.05) is 0 Å². The van der Waals surface area contributed by atoms with Crippen LogP contribution in [0.2, 0.25) is 0 Å². The molecule has 2 aromatic rings. The Hall–Kier alpha value is -2.77. The van der Waals surface area contributed by atoms with Gasteiger partial charge in [0.25, 0.3) is 11.6 Å². The molecule has 0 aliphatic heterocycles. The molecule has 92 valence electrons. The van der Waals surface area contributed by atoms with Crippen LogP contribution in [0.15, 0.2) is 30.5 Å². The molecule has 8 heteroatoms. The Kier molecular flexibility index (Phi) is 3.28. The Morgan fingerprint density at radius 1 is 1.44 bits per heavy atom. The number of benzene rings is 1. The summed E-state index contributed by atoms with van der Waals surface area (Å²) in [5.74, 6) is -0.443. The van der Waals surface area contributed by atoms with Gasteiger partial charge in [-0.25, -0.2) is 0 Å². The third-order valence-corrected chi connectivity index (χ3v) is 2.28. The first-order valence-electron chi connectivity index (χ1n) is 5.05. The second kappa shape index (κ2) is 5.04. The van der Waals surface area contributed by atoms with Crippen LogP contribution in [0.3, 0.4) is 0 Å². The maximum Gasteiger partial charge on any atom is 0.274 e. The fourth-order valence-electron chi connectivity index (χ4n) is 1.42. The van der Waals surface area contributed by atoms with Crippen molar-refractivity contribution in [1.29, 1.82) is 0 Å². The lowest BCUT2D eigenvalue weighted by Crippen LogP contribution is -2.23. The summed E-state index contributed by atoms with van der Waals surface area (Å²) in [6, 6.07) is 6.21. The standard InChI is InChI=1S/C10H9N5O3/c16-10(8-6-12-14-13-8)11-5-7-3-1-2-4-9(7)15(17)18/h1-4,6H,5H2,(H,11,16)(H,12,13,14). The number of nitro benzene ring substituents is 1. The summed E-state index contributed by atoms with van der Waals surface area (Å²) in [7, 11) is 0. The lowest BCUT2D eigenvalue weighted by atomic mass is 10.2. The molecule has 2 N–H and O–H groups in total. The number of carbonyl (C=O) groups excluding carboxylic acids is 1. The smallest absolute Gasteiger partial charge is 0.274 e. The van der Waals surface area contributed by atoms with Crippen LogP contribution >= 0.6 is 0 Å². The average Bonchev–Trinajstić information content (AvgIpc) is 2.90. The molecular weight excluding hydrogens is 238 g/mol. The van der Waals surface area contributed by atoms with Crippen LogP contribution in [0, 0.1) is 10.1 Å². The van der Waals surface area contributed by atoms with Crippen molar-refractivity contribution >= 4 is 11.6 Å². The van der Waals surface area contributed by atoms with E-state index in [1.807, 2.05) is 0 Å². The number of hydrogen-bond donors (Lipinski definition) is 2. The van der Waals surface area contributed by atoms with Gasteiger partial charge in [-0.3, -0.25) is 14.9 Å². The molecule has 1 amide bonds. The molecule has 0 radical (unpaired) electrons. The molecule has 0 fully saturated rings. The van der Waals surface area contributed by atoms with Crippen LogP contribution in [-0.2, 0) is 6.54 Å². The molecule has 1 heterocycles. The first-order chi connectivity index (χ1) is 8.68. The normalized spacial score (nSPS) is 10.0. The van der Waals surface area contributed by atoms with E-state index >= 15 is 0 Å². The minimum atomic E-state index is -0.489. The van der Waals surface area contributed by atoms with E-state index in [0.717, 1.165) is 0 Å². The molecular formula is C10H9N5O3. The zero-order chi connectivity index (χ0) is 13.0. The molecule has 0 unspecified atom stereocenters. The fraction of sp³-hybridized carbons (Fsp3) is 0.100. The van der Waals surface area contributed by atoms with Crippen LogP contribution in [0.4, 0.5) is 5.69 Å². The zero-order valence-corrected chi connectivity index (χ0v) is 9.16. The lowest BCUT2D eigenvalue weighted by Gasteiger charge is -2.03.